The first-order valence-electron chi connectivity index (χ1n) is 10.2. The van der Waals surface area contributed by atoms with E-state index >= 15 is 0 Å². The quantitative estimate of drug-likeness (QED) is 0.774. The minimum atomic E-state index is -0.882. The van der Waals surface area contributed by atoms with Crippen molar-refractivity contribution in [2.45, 2.75) is 38.8 Å². The number of hydrogen-bond donors (Lipinski definition) is 2. The average Bonchev–Trinajstić information content (AvgIpc) is 2.70. The predicted molar refractivity (Wildman–Crippen MR) is 116 cm³/mol. The molecule has 30 heavy (non-hydrogen) atoms. The van der Waals surface area contributed by atoms with Crippen LogP contribution in [0.5, 0.6) is 5.75 Å². The van der Waals surface area contributed by atoms with Gasteiger partial charge in [-0.2, -0.15) is 0 Å². The first-order chi connectivity index (χ1) is 14.5. The number of benzene rings is 2. The molecule has 0 saturated heterocycles. The fraction of sp³-hybridized carbons (Fsp3) is 0.391. The molecular formula is C23H27ClN2O4. The number of aliphatic carboxylic acids is 1. The Balaban J connectivity index is 1.90. The van der Waals surface area contributed by atoms with Gasteiger partial charge in [-0.05, 0) is 42.5 Å². The third-order valence-corrected chi connectivity index (χ3v) is 5.36. The lowest BCUT2D eigenvalue weighted by atomic mass is 10.1. The second-order valence-corrected chi connectivity index (χ2v) is 7.92. The van der Waals surface area contributed by atoms with E-state index < -0.39 is 5.97 Å². The monoisotopic (exact) mass is 430 g/mol. The van der Waals surface area contributed by atoms with E-state index in [9.17, 15) is 9.59 Å². The van der Waals surface area contributed by atoms with Crippen molar-refractivity contribution in [2.75, 3.05) is 19.7 Å². The summed E-state index contributed by atoms with van der Waals surface area (Å²) < 4.78 is 6.00. The molecule has 0 spiro atoms. The van der Waals surface area contributed by atoms with Crippen molar-refractivity contribution in [3.8, 4) is 5.75 Å². The van der Waals surface area contributed by atoms with Crippen LogP contribution in [-0.4, -0.2) is 41.6 Å². The lowest BCUT2D eigenvalue weighted by Crippen LogP contribution is -2.37. The van der Waals surface area contributed by atoms with Crippen LogP contribution in [0.4, 0.5) is 0 Å². The highest BCUT2D eigenvalue weighted by Crippen LogP contribution is 2.25. The van der Waals surface area contributed by atoms with Gasteiger partial charge >= 0.3 is 5.97 Å². The number of amides is 1. The molecule has 2 aromatic carbocycles. The Kier molecular flexibility index (Phi) is 8.11. The normalized spacial score (nSPS) is 16.2. The highest BCUT2D eigenvalue weighted by Gasteiger charge is 2.17. The van der Waals surface area contributed by atoms with Gasteiger partial charge in [-0.1, -0.05) is 41.9 Å². The van der Waals surface area contributed by atoms with E-state index in [-0.39, 0.29) is 18.9 Å². The molecule has 2 N–H and O–H groups in total. The number of nitrogens with zero attached hydrogens (tertiary/aromatic N) is 1. The fourth-order valence-electron chi connectivity index (χ4n) is 3.53. The molecule has 1 heterocycles. The number of fused-ring (bicyclic) bond motifs is 1. The maximum Gasteiger partial charge on any atom is 0.307 e. The third kappa shape index (κ3) is 6.75. The molecule has 0 unspecified atom stereocenters. The van der Waals surface area contributed by atoms with E-state index in [1.54, 1.807) is 6.07 Å². The van der Waals surface area contributed by atoms with Crippen molar-refractivity contribution in [3.63, 3.8) is 0 Å². The summed E-state index contributed by atoms with van der Waals surface area (Å²) in [7, 11) is 0. The first-order valence-corrected chi connectivity index (χ1v) is 10.6. The summed E-state index contributed by atoms with van der Waals surface area (Å²) in [5, 5.41) is 12.8. The minimum absolute atomic E-state index is 0.0366. The number of halogens is 1. The fourth-order valence-corrected chi connectivity index (χ4v) is 3.73. The number of carboxylic acid groups (broad SMARTS) is 1. The Morgan fingerprint density at radius 1 is 1.13 bits per heavy atom. The number of carbonyl (C=O) groups excluding carboxylic acids is 1. The van der Waals surface area contributed by atoms with Gasteiger partial charge in [0.2, 0.25) is 5.91 Å². The van der Waals surface area contributed by atoms with E-state index in [2.05, 4.69) is 5.32 Å². The number of ether oxygens (including phenoxy) is 1. The van der Waals surface area contributed by atoms with Crippen LogP contribution in [0, 0.1) is 0 Å². The largest absolute Gasteiger partial charge is 0.493 e. The van der Waals surface area contributed by atoms with Gasteiger partial charge < -0.3 is 15.2 Å². The molecule has 6 nitrogen and oxygen atoms in total. The van der Waals surface area contributed by atoms with Crippen LogP contribution in [0.15, 0.2) is 42.5 Å². The highest BCUT2D eigenvalue weighted by molar-refractivity contribution is 6.31. The average molecular weight is 431 g/mol. The molecule has 7 heteroatoms. The molecule has 0 atom stereocenters. The standard InChI is InChI=1S/C23H27ClN2O4/c24-20-7-3-2-6-18(20)14-26-15-19-12-17(13-23(28)29)8-9-21(19)30-11-5-1-4-10-25-22(27)16-26/h2-3,6-9,12H,1,4-5,10-11,13-16H2,(H,25,27)(H,28,29). The van der Waals surface area contributed by atoms with Gasteiger partial charge in [0, 0.05) is 30.2 Å². The lowest BCUT2D eigenvalue weighted by molar-refractivity contribution is -0.136. The number of carbonyl (C=O) groups is 2. The maximum atomic E-state index is 12.5. The molecule has 0 saturated carbocycles. The van der Waals surface area contributed by atoms with E-state index in [1.807, 2.05) is 41.3 Å². The van der Waals surface area contributed by atoms with Crippen LogP contribution < -0.4 is 10.1 Å². The Morgan fingerprint density at radius 3 is 2.77 bits per heavy atom. The predicted octanol–water partition coefficient (Wildman–Crippen LogP) is 3.65. The number of nitrogens with one attached hydrogen (secondary N) is 1. The van der Waals surface area contributed by atoms with Crippen LogP contribution >= 0.6 is 11.6 Å². The first kappa shape index (κ1) is 22.1. The summed E-state index contributed by atoms with van der Waals surface area (Å²) >= 11 is 6.35. The number of rotatable bonds is 4. The molecule has 1 aliphatic rings. The van der Waals surface area contributed by atoms with Crippen molar-refractivity contribution in [2.24, 2.45) is 0 Å². The van der Waals surface area contributed by atoms with Crippen LogP contribution in [-0.2, 0) is 29.1 Å². The van der Waals surface area contributed by atoms with Crippen LogP contribution in [0.25, 0.3) is 0 Å². The molecule has 0 radical (unpaired) electrons. The van der Waals surface area contributed by atoms with Gasteiger partial charge in [0.15, 0.2) is 0 Å². The van der Waals surface area contributed by atoms with Gasteiger partial charge in [-0.25, -0.2) is 0 Å². The molecular weight excluding hydrogens is 404 g/mol. The Bertz CT molecular complexity index is 887. The van der Waals surface area contributed by atoms with Crippen molar-refractivity contribution in [1.82, 2.24) is 10.2 Å². The molecule has 160 valence electrons. The molecule has 2 aromatic rings. The van der Waals surface area contributed by atoms with Crippen LogP contribution in [0.2, 0.25) is 5.02 Å². The van der Waals surface area contributed by atoms with E-state index in [0.29, 0.717) is 36.8 Å². The summed E-state index contributed by atoms with van der Waals surface area (Å²) in [5.41, 5.74) is 2.50. The van der Waals surface area contributed by atoms with Crippen molar-refractivity contribution < 1.29 is 19.4 Å². The summed E-state index contributed by atoms with van der Waals surface area (Å²) in [4.78, 5) is 25.7. The van der Waals surface area contributed by atoms with Gasteiger partial charge in [-0.15, -0.1) is 0 Å². The second kappa shape index (κ2) is 11.0. The van der Waals surface area contributed by atoms with Gasteiger partial charge in [0.25, 0.3) is 0 Å². The van der Waals surface area contributed by atoms with Gasteiger partial charge in [-0.3, -0.25) is 14.5 Å². The molecule has 0 aliphatic carbocycles. The van der Waals surface area contributed by atoms with Crippen LogP contribution in [0.1, 0.15) is 36.0 Å². The van der Waals surface area contributed by atoms with Crippen LogP contribution in [0.3, 0.4) is 0 Å². The summed E-state index contributed by atoms with van der Waals surface area (Å²) in [5.74, 6) is -0.189. The molecule has 3 rings (SSSR count). The Hall–Kier alpha value is -2.57. The Morgan fingerprint density at radius 2 is 1.97 bits per heavy atom. The zero-order chi connectivity index (χ0) is 21.3. The lowest BCUT2D eigenvalue weighted by Gasteiger charge is -2.24. The maximum absolute atomic E-state index is 12.5. The zero-order valence-electron chi connectivity index (χ0n) is 16.9. The summed E-state index contributed by atoms with van der Waals surface area (Å²) in [6.07, 6.45) is 2.72. The SMILES string of the molecule is O=C(O)Cc1ccc2c(c1)CN(Cc1ccccc1Cl)CC(=O)NCCCCCO2. The summed E-state index contributed by atoms with van der Waals surface area (Å²) in [6.45, 7) is 2.39. The minimum Gasteiger partial charge on any atom is -0.493 e. The molecule has 0 bridgehead atoms. The molecule has 0 fully saturated rings. The van der Waals surface area contributed by atoms with E-state index in [1.165, 1.54) is 0 Å². The van der Waals surface area contributed by atoms with Gasteiger partial charge in [0.1, 0.15) is 5.75 Å². The molecule has 1 aliphatic heterocycles. The smallest absolute Gasteiger partial charge is 0.307 e. The van der Waals surface area contributed by atoms with Crippen molar-refractivity contribution in [3.05, 3.63) is 64.2 Å². The van der Waals surface area contributed by atoms with Crippen molar-refractivity contribution in [1.29, 1.82) is 0 Å². The Labute approximate surface area is 181 Å². The van der Waals surface area contributed by atoms with E-state index in [0.717, 1.165) is 36.1 Å². The number of hydrogen-bond acceptors (Lipinski definition) is 4. The molecule has 1 amide bonds. The second-order valence-electron chi connectivity index (χ2n) is 7.51. The highest BCUT2D eigenvalue weighted by atomic mass is 35.5. The zero-order valence-corrected chi connectivity index (χ0v) is 17.7. The van der Waals surface area contributed by atoms with Gasteiger partial charge in [0.05, 0.1) is 19.6 Å². The van der Waals surface area contributed by atoms with Crippen molar-refractivity contribution >= 4 is 23.5 Å². The number of carboxylic acids is 1. The van der Waals surface area contributed by atoms with E-state index in [4.69, 9.17) is 21.4 Å². The molecule has 0 aromatic heterocycles. The summed E-state index contributed by atoms with van der Waals surface area (Å²) in [6, 6.07) is 13.1. The third-order valence-electron chi connectivity index (χ3n) is 4.99. The topological polar surface area (TPSA) is 78.9 Å².